The van der Waals surface area contributed by atoms with Gasteiger partial charge in [-0.25, -0.2) is 0 Å². The average molecular weight is 177 g/mol. The zero-order valence-corrected chi connectivity index (χ0v) is 6.88. The van der Waals surface area contributed by atoms with E-state index >= 15 is 0 Å². The maximum atomic E-state index is 11.8. The van der Waals surface area contributed by atoms with Crippen LogP contribution in [0.3, 0.4) is 0 Å². The van der Waals surface area contributed by atoms with Crippen LogP contribution in [-0.2, 0) is 4.74 Å². The standard InChI is InChI=1S/C8H13F2NO/c9-8(10)12-7-4-6-2-1-3-11(6)5-7/h6-8H,1-5H2. The fourth-order valence-electron chi connectivity index (χ4n) is 2.29. The molecule has 12 heavy (non-hydrogen) atoms. The first-order valence-corrected chi connectivity index (χ1v) is 4.43. The topological polar surface area (TPSA) is 12.5 Å². The Hall–Kier alpha value is -0.220. The van der Waals surface area contributed by atoms with Crippen LogP contribution in [0.25, 0.3) is 0 Å². The lowest BCUT2D eigenvalue weighted by atomic mass is 10.1. The number of alkyl halides is 2. The quantitative estimate of drug-likeness (QED) is 0.633. The summed E-state index contributed by atoms with van der Waals surface area (Å²) in [6.45, 7) is -0.835. The molecule has 2 saturated heterocycles. The summed E-state index contributed by atoms with van der Waals surface area (Å²) in [4.78, 5) is 2.26. The van der Waals surface area contributed by atoms with Crippen molar-refractivity contribution in [3.63, 3.8) is 0 Å². The van der Waals surface area contributed by atoms with Crippen LogP contribution in [0.4, 0.5) is 8.78 Å². The third kappa shape index (κ3) is 1.59. The molecular formula is C8H13F2NO. The van der Waals surface area contributed by atoms with E-state index in [1.54, 1.807) is 0 Å². The normalized spacial score (nSPS) is 36.2. The molecule has 2 aliphatic heterocycles. The average Bonchev–Trinajstić information content (AvgIpc) is 2.43. The van der Waals surface area contributed by atoms with Gasteiger partial charge in [-0.2, -0.15) is 8.78 Å². The highest BCUT2D eigenvalue weighted by molar-refractivity contribution is 4.90. The van der Waals surface area contributed by atoms with E-state index in [0.717, 1.165) is 19.4 Å². The number of nitrogens with zero attached hydrogens (tertiary/aromatic N) is 1. The van der Waals surface area contributed by atoms with Crippen molar-refractivity contribution in [1.82, 2.24) is 4.90 Å². The van der Waals surface area contributed by atoms with Gasteiger partial charge in [0.05, 0.1) is 6.10 Å². The molecule has 2 fully saturated rings. The Morgan fingerprint density at radius 1 is 1.42 bits per heavy atom. The van der Waals surface area contributed by atoms with Gasteiger partial charge in [-0.15, -0.1) is 0 Å². The van der Waals surface area contributed by atoms with Crippen molar-refractivity contribution < 1.29 is 13.5 Å². The predicted molar refractivity (Wildman–Crippen MR) is 40.1 cm³/mol. The van der Waals surface area contributed by atoms with Gasteiger partial charge in [-0.3, -0.25) is 4.90 Å². The van der Waals surface area contributed by atoms with Gasteiger partial charge in [-0.05, 0) is 25.8 Å². The third-order valence-corrected chi connectivity index (χ3v) is 2.77. The zero-order chi connectivity index (χ0) is 8.55. The van der Waals surface area contributed by atoms with E-state index < -0.39 is 6.61 Å². The number of hydrogen-bond acceptors (Lipinski definition) is 2. The summed E-state index contributed by atoms with van der Waals surface area (Å²) < 4.78 is 28.1. The number of halogens is 2. The van der Waals surface area contributed by atoms with Crippen LogP contribution >= 0.6 is 0 Å². The Labute approximate surface area is 70.5 Å². The van der Waals surface area contributed by atoms with E-state index in [-0.39, 0.29) is 6.10 Å². The van der Waals surface area contributed by atoms with Crippen LogP contribution in [0, 0.1) is 0 Å². The van der Waals surface area contributed by atoms with Gasteiger partial charge in [0.2, 0.25) is 0 Å². The van der Waals surface area contributed by atoms with Crippen LogP contribution in [0.15, 0.2) is 0 Å². The lowest BCUT2D eigenvalue weighted by Gasteiger charge is -2.12. The van der Waals surface area contributed by atoms with E-state index in [4.69, 9.17) is 0 Å². The summed E-state index contributed by atoms with van der Waals surface area (Å²) >= 11 is 0. The fourth-order valence-corrected chi connectivity index (χ4v) is 2.29. The second-order valence-electron chi connectivity index (χ2n) is 3.55. The monoisotopic (exact) mass is 177 g/mol. The summed E-state index contributed by atoms with van der Waals surface area (Å²) in [5.41, 5.74) is 0. The molecule has 0 spiro atoms. The highest BCUT2D eigenvalue weighted by Gasteiger charge is 2.36. The third-order valence-electron chi connectivity index (χ3n) is 2.77. The molecule has 0 aromatic carbocycles. The number of ether oxygens (including phenoxy) is 1. The van der Waals surface area contributed by atoms with Crippen LogP contribution in [0.5, 0.6) is 0 Å². The lowest BCUT2D eigenvalue weighted by molar-refractivity contribution is -0.159. The molecule has 2 unspecified atom stereocenters. The SMILES string of the molecule is FC(F)OC1CC2CCCN2C1. The molecule has 4 heteroatoms. The molecule has 0 aromatic heterocycles. The summed E-state index contributed by atoms with van der Waals surface area (Å²) in [6, 6.07) is 0.522. The van der Waals surface area contributed by atoms with E-state index in [1.165, 1.54) is 6.42 Å². The minimum absolute atomic E-state index is 0.227. The molecule has 0 bridgehead atoms. The van der Waals surface area contributed by atoms with Crippen molar-refractivity contribution in [3.8, 4) is 0 Å². The van der Waals surface area contributed by atoms with Crippen LogP contribution in [0.2, 0.25) is 0 Å². The zero-order valence-electron chi connectivity index (χ0n) is 6.88. The molecule has 0 N–H and O–H groups in total. The predicted octanol–water partition coefficient (Wildman–Crippen LogP) is 1.46. The molecule has 0 aliphatic carbocycles. The molecular weight excluding hydrogens is 164 g/mol. The van der Waals surface area contributed by atoms with Gasteiger partial charge < -0.3 is 4.74 Å². The summed E-state index contributed by atoms with van der Waals surface area (Å²) in [5, 5.41) is 0. The Kier molecular flexibility index (Phi) is 2.28. The number of fused-ring (bicyclic) bond motifs is 1. The van der Waals surface area contributed by atoms with Crippen molar-refractivity contribution >= 4 is 0 Å². The van der Waals surface area contributed by atoms with Gasteiger partial charge in [0.15, 0.2) is 0 Å². The van der Waals surface area contributed by atoms with Gasteiger partial charge >= 0.3 is 6.61 Å². The maximum Gasteiger partial charge on any atom is 0.345 e. The Morgan fingerprint density at radius 2 is 2.25 bits per heavy atom. The molecule has 2 nitrogen and oxygen atoms in total. The lowest BCUT2D eigenvalue weighted by Crippen LogP contribution is -2.24. The molecule has 0 saturated carbocycles. The Bertz CT molecular complexity index is 153. The fraction of sp³-hybridized carbons (Fsp3) is 1.00. The van der Waals surface area contributed by atoms with Gasteiger partial charge in [0, 0.05) is 12.6 Å². The van der Waals surface area contributed by atoms with E-state index in [0.29, 0.717) is 12.6 Å². The van der Waals surface area contributed by atoms with E-state index in [2.05, 4.69) is 9.64 Å². The molecule has 0 amide bonds. The van der Waals surface area contributed by atoms with E-state index in [1.807, 2.05) is 0 Å². The van der Waals surface area contributed by atoms with Crippen molar-refractivity contribution in [2.75, 3.05) is 13.1 Å². The molecule has 2 rings (SSSR count). The Morgan fingerprint density at radius 3 is 2.92 bits per heavy atom. The molecule has 0 radical (unpaired) electrons. The van der Waals surface area contributed by atoms with Gasteiger partial charge in [0.25, 0.3) is 0 Å². The maximum absolute atomic E-state index is 11.8. The molecule has 70 valence electrons. The molecule has 0 aromatic rings. The largest absolute Gasteiger partial charge is 0.345 e. The Balaban J connectivity index is 1.82. The van der Waals surface area contributed by atoms with Crippen LogP contribution in [-0.4, -0.2) is 36.7 Å². The second kappa shape index (κ2) is 3.26. The van der Waals surface area contributed by atoms with Crippen molar-refractivity contribution in [2.24, 2.45) is 0 Å². The minimum Gasteiger partial charge on any atom is -0.318 e. The summed E-state index contributed by atoms with van der Waals surface area (Å²) in [5.74, 6) is 0. The van der Waals surface area contributed by atoms with Crippen LogP contribution < -0.4 is 0 Å². The minimum atomic E-state index is -2.60. The summed E-state index contributed by atoms with van der Waals surface area (Å²) in [7, 11) is 0. The molecule has 2 atom stereocenters. The van der Waals surface area contributed by atoms with Crippen molar-refractivity contribution in [3.05, 3.63) is 0 Å². The number of rotatable bonds is 2. The van der Waals surface area contributed by atoms with Crippen LogP contribution in [0.1, 0.15) is 19.3 Å². The smallest absolute Gasteiger partial charge is 0.318 e. The van der Waals surface area contributed by atoms with E-state index in [9.17, 15) is 8.78 Å². The van der Waals surface area contributed by atoms with Crippen molar-refractivity contribution in [1.29, 1.82) is 0 Å². The molecule has 2 heterocycles. The number of hydrogen-bond donors (Lipinski definition) is 0. The van der Waals surface area contributed by atoms with Crippen molar-refractivity contribution in [2.45, 2.75) is 38.0 Å². The second-order valence-corrected chi connectivity index (χ2v) is 3.55. The first-order chi connectivity index (χ1) is 5.75. The highest BCUT2D eigenvalue weighted by Crippen LogP contribution is 2.29. The molecule has 2 aliphatic rings. The highest BCUT2D eigenvalue weighted by atomic mass is 19.3. The first-order valence-electron chi connectivity index (χ1n) is 4.43. The van der Waals surface area contributed by atoms with Gasteiger partial charge in [0.1, 0.15) is 0 Å². The first kappa shape index (κ1) is 8.38. The van der Waals surface area contributed by atoms with Gasteiger partial charge in [-0.1, -0.05) is 0 Å². The summed E-state index contributed by atoms with van der Waals surface area (Å²) in [6.07, 6.45) is 2.94.